The minimum absolute atomic E-state index is 0.225. The molecule has 18 rings (SSSR count). The Morgan fingerprint density at radius 2 is 0.837 bits per heavy atom. The number of halogens is 2. The highest BCUT2D eigenvalue weighted by Crippen LogP contribution is 2.64. The molecule has 0 saturated heterocycles. The van der Waals surface area contributed by atoms with Gasteiger partial charge in [0.05, 0.1) is 33.5 Å². The molecule has 13 aromatic carbocycles. The minimum Gasteiger partial charge on any atom is -0.451 e. The van der Waals surface area contributed by atoms with Gasteiger partial charge in [0.15, 0.2) is 34.0 Å². The highest BCUT2D eigenvalue weighted by Gasteiger charge is 2.52. The first kappa shape index (κ1) is 48.7. The molecule has 0 amide bonds. The van der Waals surface area contributed by atoms with E-state index in [1.807, 2.05) is 30.3 Å². The van der Waals surface area contributed by atoms with Crippen molar-refractivity contribution in [1.82, 2.24) is 4.57 Å². The summed E-state index contributed by atoms with van der Waals surface area (Å²) in [6, 6.07) is 83.5. The Labute approximate surface area is 493 Å². The van der Waals surface area contributed by atoms with Gasteiger partial charge in [0.2, 0.25) is 0 Å². The smallest absolute Gasteiger partial charge is 0.171 e. The second-order valence-electron chi connectivity index (χ2n) is 23.6. The molecule has 0 radical (unpaired) electrons. The molecule has 0 bridgehead atoms. The van der Waals surface area contributed by atoms with Crippen LogP contribution in [-0.2, 0) is 5.41 Å². The maximum atomic E-state index is 16.0. The van der Waals surface area contributed by atoms with E-state index in [2.05, 4.69) is 224 Å². The zero-order chi connectivity index (χ0) is 57.4. The quantitative estimate of drug-likeness (QED) is 0.166. The number of hydrogen-bond donors (Lipinski definition) is 0. The minimum atomic E-state index is -0.851. The molecule has 5 nitrogen and oxygen atoms in total. The maximum absolute atomic E-state index is 16.0. The highest BCUT2D eigenvalue weighted by molar-refractivity contribution is 6.19. The van der Waals surface area contributed by atoms with E-state index < -0.39 is 17.0 Å². The van der Waals surface area contributed by atoms with Crippen molar-refractivity contribution in [2.24, 2.45) is 0 Å². The number of benzene rings is 13. The van der Waals surface area contributed by atoms with Gasteiger partial charge < -0.3 is 23.2 Å². The summed E-state index contributed by atoms with van der Waals surface area (Å²) in [7, 11) is 0. The number of aromatic nitrogens is 1. The molecule has 0 unspecified atom stereocenters. The number of para-hydroxylation sites is 5. The summed E-state index contributed by atoms with van der Waals surface area (Å²) in [5, 5.41) is 9.94. The van der Waals surface area contributed by atoms with Crippen LogP contribution >= 0.6 is 0 Å². The number of aryl methyl sites for hydroxylation is 4. The lowest BCUT2D eigenvalue weighted by Gasteiger charge is -2.40. The van der Waals surface area contributed by atoms with Gasteiger partial charge in [-0.25, -0.2) is 8.78 Å². The van der Waals surface area contributed by atoms with Gasteiger partial charge in [0, 0.05) is 55.1 Å². The zero-order valence-corrected chi connectivity index (χ0v) is 47.4. The Bertz CT molecular complexity index is 5580. The molecule has 1 aliphatic carbocycles. The molecule has 0 atom stereocenters. The fourth-order valence-electron chi connectivity index (χ4n) is 15.3. The molecule has 3 aromatic heterocycles. The van der Waals surface area contributed by atoms with Crippen molar-refractivity contribution in [3.8, 4) is 16.8 Å². The average molecular weight is 1110 g/mol. The van der Waals surface area contributed by atoms with Crippen LogP contribution in [0.1, 0.15) is 44.5 Å². The first-order valence-electron chi connectivity index (χ1n) is 29.4. The van der Waals surface area contributed by atoms with Crippen molar-refractivity contribution in [2.45, 2.75) is 33.1 Å². The Kier molecular flexibility index (Phi) is 10.00. The molecule has 16 aromatic rings. The van der Waals surface area contributed by atoms with Gasteiger partial charge in [-0.1, -0.05) is 175 Å². The third kappa shape index (κ3) is 6.46. The summed E-state index contributed by atoms with van der Waals surface area (Å²) >= 11 is 0. The summed E-state index contributed by atoms with van der Waals surface area (Å²) in [5.74, 6) is -0.811. The van der Waals surface area contributed by atoms with Crippen molar-refractivity contribution >= 4 is 121 Å². The molecule has 86 heavy (non-hydrogen) atoms. The molecule has 7 heteroatoms. The van der Waals surface area contributed by atoms with E-state index in [1.165, 1.54) is 61.5 Å². The summed E-state index contributed by atoms with van der Waals surface area (Å²) in [6.07, 6.45) is 0. The fraction of sp³-hybridized carbons (Fsp3) is 0.0633. The van der Waals surface area contributed by atoms with Crippen LogP contribution in [0.4, 0.5) is 42.9 Å². The standard InChI is InChI=1S/C79H51F2N3O2/c1-44-29-36-66(46(3)39-44)82(70-27-13-21-56-54-19-11-24-64(80)75(54)85-77(56)70)50-33-38-68-58(41-50)59-42-51(83(67-37-30-45(2)40-47(67)4)71-28-14-22-57-55-20-12-25-65(81)76(55)86-78(57)71)43-63-74(59)84(68)69-26-10-9-23-60(69)79(63)61-34-31-48-15-5-7-17-52(48)72(61)73-53-18-8-6-16-49(53)32-35-62(73)79/h5-43H,1-4H3. The number of nitrogens with zero attached hydrogens (tertiary/aromatic N) is 3. The van der Waals surface area contributed by atoms with Crippen LogP contribution < -0.4 is 9.80 Å². The molecule has 4 heterocycles. The van der Waals surface area contributed by atoms with Crippen LogP contribution in [0.15, 0.2) is 245 Å². The first-order chi connectivity index (χ1) is 42.1. The van der Waals surface area contributed by atoms with E-state index >= 15 is 8.78 Å². The lowest BCUT2D eigenvalue weighted by atomic mass is 9.65. The first-order valence-corrected chi connectivity index (χ1v) is 29.4. The predicted molar refractivity (Wildman–Crippen MR) is 349 cm³/mol. The SMILES string of the molecule is Cc1ccc(N(c2ccc3c(c2)c2cc(N(c4ccc(C)cc4C)c4cccc5c4oc4c(F)cccc45)cc4c2n3-c2ccccc2C42c3ccc4ccccc4c3-c3c2ccc2ccccc32)c2cccc3c2oc2c(F)cccc23)c(C)c1. The lowest BCUT2D eigenvalue weighted by molar-refractivity contribution is 0.584. The number of rotatable bonds is 6. The number of furan rings is 2. The third-order valence-corrected chi connectivity index (χ3v) is 18.8. The Hall–Kier alpha value is -10.8. The van der Waals surface area contributed by atoms with Crippen molar-refractivity contribution in [1.29, 1.82) is 0 Å². The van der Waals surface area contributed by atoms with Crippen molar-refractivity contribution in [3.63, 3.8) is 0 Å². The van der Waals surface area contributed by atoms with E-state index in [0.29, 0.717) is 11.2 Å². The van der Waals surface area contributed by atoms with Crippen molar-refractivity contribution in [2.75, 3.05) is 9.80 Å². The van der Waals surface area contributed by atoms with Gasteiger partial charge in [0.1, 0.15) is 0 Å². The van der Waals surface area contributed by atoms with Crippen LogP contribution in [0.3, 0.4) is 0 Å². The normalized spacial score (nSPS) is 13.1. The summed E-state index contributed by atoms with van der Waals surface area (Å²) in [5.41, 5.74) is 21.0. The second kappa shape index (κ2) is 17.6. The van der Waals surface area contributed by atoms with Gasteiger partial charge in [0.25, 0.3) is 0 Å². The van der Waals surface area contributed by atoms with Crippen molar-refractivity contribution in [3.05, 3.63) is 293 Å². The van der Waals surface area contributed by atoms with Gasteiger partial charge in [-0.2, -0.15) is 0 Å². The monoisotopic (exact) mass is 1110 g/mol. The molecule has 408 valence electrons. The molecular formula is C79H51F2N3O2. The van der Waals surface area contributed by atoms with E-state index in [0.717, 1.165) is 111 Å². The lowest BCUT2D eigenvalue weighted by Crippen LogP contribution is -2.33. The van der Waals surface area contributed by atoms with Crippen LogP contribution in [0.5, 0.6) is 0 Å². The maximum Gasteiger partial charge on any atom is 0.171 e. The van der Waals surface area contributed by atoms with E-state index in [-0.39, 0.29) is 11.2 Å². The molecule has 0 N–H and O–H groups in total. The van der Waals surface area contributed by atoms with Gasteiger partial charge in [-0.3, -0.25) is 0 Å². The highest BCUT2D eigenvalue weighted by atomic mass is 19.1. The van der Waals surface area contributed by atoms with E-state index in [1.54, 1.807) is 12.1 Å². The fourth-order valence-corrected chi connectivity index (χ4v) is 15.3. The van der Waals surface area contributed by atoms with Crippen LogP contribution in [0, 0.1) is 39.3 Å². The van der Waals surface area contributed by atoms with Gasteiger partial charge in [-0.15, -0.1) is 0 Å². The topological polar surface area (TPSA) is 37.7 Å². The molecular weight excluding hydrogens is 1060 g/mol. The second-order valence-corrected chi connectivity index (χ2v) is 23.6. The van der Waals surface area contributed by atoms with Gasteiger partial charge >= 0.3 is 0 Å². The number of hydrogen-bond acceptors (Lipinski definition) is 4. The van der Waals surface area contributed by atoms with Crippen LogP contribution in [0.2, 0.25) is 0 Å². The molecule has 1 spiro atoms. The van der Waals surface area contributed by atoms with Crippen LogP contribution in [0.25, 0.3) is 104 Å². The summed E-state index contributed by atoms with van der Waals surface area (Å²) in [4.78, 5) is 4.62. The van der Waals surface area contributed by atoms with Crippen LogP contribution in [-0.4, -0.2) is 4.57 Å². The number of fused-ring (bicyclic) bond motifs is 22. The molecule has 0 fully saturated rings. The summed E-state index contributed by atoms with van der Waals surface area (Å²) < 4.78 is 47.7. The molecule has 1 aliphatic heterocycles. The Balaban J connectivity index is 1.02. The van der Waals surface area contributed by atoms with Gasteiger partial charge in [-0.05, 0) is 167 Å². The summed E-state index contributed by atoms with van der Waals surface area (Å²) in [6.45, 7) is 8.57. The molecule has 0 saturated carbocycles. The number of anilines is 6. The third-order valence-electron chi connectivity index (χ3n) is 18.8. The van der Waals surface area contributed by atoms with E-state index in [4.69, 9.17) is 8.83 Å². The van der Waals surface area contributed by atoms with E-state index in [9.17, 15) is 0 Å². The predicted octanol–water partition coefficient (Wildman–Crippen LogP) is 22.0. The Morgan fingerprint density at radius 1 is 0.349 bits per heavy atom. The molecule has 2 aliphatic rings. The largest absolute Gasteiger partial charge is 0.451 e. The van der Waals surface area contributed by atoms with Crippen molar-refractivity contribution < 1.29 is 17.6 Å². The Morgan fingerprint density at radius 3 is 1.41 bits per heavy atom. The zero-order valence-electron chi connectivity index (χ0n) is 47.4. The average Bonchev–Trinajstić information content (AvgIpc) is 1.46.